The van der Waals surface area contributed by atoms with Crippen molar-refractivity contribution in [3.05, 3.63) is 23.2 Å². The molecule has 0 amide bonds. The molecule has 1 N–H and O–H groups in total. The first kappa shape index (κ1) is 12.1. The van der Waals surface area contributed by atoms with E-state index in [0.717, 1.165) is 37.0 Å². The van der Waals surface area contributed by atoms with Crippen LogP contribution in [0.1, 0.15) is 6.92 Å². The van der Waals surface area contributed by atoms with Crippen molar-refractivity contribution in [1.29, 1.82) is 0 Å². The lowest BCUT2D eigenvalue weighted by Crippen LogP contribution is -2.43. The maximum Gasteiger partial charge on any atom is 0.0520 e. The smallest absolute Gasteiger partial charge is 0.0520 e. The number of benzene rings is 1. The molecule has 0 aliphatic carbocycles. The third-order valence-electron chi connectivity index (χ3n) is 2.68. The Morgan fingerprint density at radius 3 is 2.81 bits per heavy atom. The summed E-state index contributed by atoms with van der Waals surface area (Å²) in [5.74, 6) is 1.10. The third kappa shape index (κ3) is 2.84. The summed E-state index contributed by atoms with van der Waals surface area (Å²) in [5.41, 5.74) is 1.29. The summed E-state index contributed by atoms with van der Waals surface area (Å²) in [6, 6.07) is 6.20. The highest BCUT2D eigenvalue weighted by Gasteiger charge is 2.14. The predicted octanol–water partition coefficient (Wildman–Crippen LogP) is 2.86. The molecule has 1 heterocycles. The Bertz CT molecular complexity index is 351. The van der Waals surface area contributed by atoms with Crippen LogP contribution in [0.4, 0.5) is 5.69 Å². The van der Waals surface area contributed by atoms with Gasteiger partial charge in [-0.3, -0.25) is 0 Å². The predicted molar refractivity (Wildman–Crippen MR) is 72.9 cm³/mol. The Morgan fingerprint density at radius 2 is 2.12 bits per heavy atom. The van der Waals surface area contributed by atoms with Crippen LogP contribution in [0.25, 0.3) is 0 Å². The number of piperazine rings is 1. The molecule has 2 rings (SSSR count). The minimum atomic E-state index is 0.828. The van der Waals surface area contributed by atoms with Crippen LogP contribution in [0.15, 0.2) is 23.1 Å². The molecule has 2 nitrogen and oxygen atoms in total. The molecule has 1 aromatic rings. The normalized spacial score (nSPS) is 16.5. The monoisotopic (exact) mass is 256 g/mol. The molecule has 1 aromatic carbocycles. The summed E-state index contributed by atoms with van der Waals surface area (Å²) in [7, 11) is 0. The number of nitrogens with one attached hydrogen (secondary N) is 1. The molecule has 88 valence electrons. The summed E-state index contributed by atoms with van der Waals surface area (Å²) >= 11 is 7.97. The van der Waals surface area contributed by atoms with E-state index in [-0.39, 0.29) is 0 Å². The van der Waals surface area contributed by atoms with Crippen molar-refractivity contribution in [1.82, 2.24) is 5.32 Å². The van der Waals surface area contributed by atoms with Gasteiger partial charge in [-0.15, -0.1) is 11.8 Å². The molecular weight excluding hydrogens is 240 g/mol. The van der Waals surface area contributed by atoms with Crippen LogP contribution in [0.2, 0.25) is 5.02 Å². The molecule has 1 aliphatic heterocycles. The fraction of sp³-hybridized carbons (Fsp3) is 0.500. The largest absolute Gasteiger partial charge is 0.368 e. The Kier molecular flexibility index (Phi) is 4.38. The van der Waals surface area contributed by atoms with Crippen LogP contribution in [-0.4, -0.2) is 31.9 Å². The van der Waals surface area contributed by atoms with Gasteiger partial charge in [0.15, 0.2) is 0 Å². The van der Waals surface area contributed by atoms with Crippen LogP contribution >= 0.6 is 23.4 Å². The minimum Gasteiger partial charge on any atom is -0.368 e. The van der Waals surface area contributed by atoms with Crippen LogP contribution in [-0.2, 0) is 0 Å². The van der Waals surface area contributed by atoms with E-state index in [4.69, 9.17) is 11.6 Å². The zero-order valence-electron chi connectivity index (χ0n) is 9.50. The molecule has 0 saturated carbocycles. The lowest BCUT2D eigenvalue weighted by Gasteiger charge is -2.31. The molecule has 16 heavy (non-hydrogen) atoms. The standard InChI is InChI=1S/C12H17ClN2S/c1-2-16-12-4-3-10(13)9-11(12)15-7-5-14-6-8-15/h3-4,9,14H,2,5-8H2,1H3. The number of hydrogen-bond donors (Lipinski definition) is 1. The number of nitrogens with zero attached hydrogens (tertiary/aromatic N) is 1. The molecule has 1 saturated heterocycles. The fourth-order valence-corrected chi connectivity index (χ4v) is 2.90. The van der Waals surface area contributed by atoms with Crippen molar-refractivity contribution in [2.75, 3.05) is 36.8 Å². The van der Waals surface area contributed by atoms with Crippen LogP contribution in [0, 0.1) is 0 Å². The first-order valence-corrected chi connectivity index (χ1v) is 7.05. The van der Waals surface area contributed by atoms with Gasteiger partial charge in [0.05, 0.1) is 5.69 Å². The molecular formula is C12H17ClN2S. The second-order valence-corrected chi connectivity index (χ2v) is 5.52. The number of rotatable bonds is 3. The van der Waals surface area contributed by atoms with Gasteiger partial charge in [-0.05, 0) is 24.0 Å². The maximum atomic E-state index is 6.08. The molecule has 1 fully saturated rings. The van der Waals surface area contributed by atoms with E-state index in [1.165, 1.54) is 10.6 Å². The van der Waals surface area contributed by atoms with Crippen molar-refractivity contribution < 1.29 is 0 Å². The summed E-state index contributed by atoms with van der Waals surface area (Å²) < 4.78 is 0. The van der Waals surface area contributed by atoms with E-state index in [1.54, 1.807) is 0 Å². The summed E-state index contributed by atoms with van der Waals surface area (Å²) in [5, 5.41) is 4.20. The molecule has 0 radical (unpaired) electrons. The fourth-order valence-electron chi connectivity index (χ4n) is 1.92. The SMILES string of the molecule is CCSc1ccc(Cl)cc1N1CCNCC1. The highest BCUT2D eigenvalue weighted by molar-refractivity contribution is 7.99. The lowest BCUT2D eigenvalue weighted by atomic mass is 10.2. The molecule has 1 aliphatic rings. The number of hydrogen-bond acceptors (Lipinski definition) is 3. The van der Waals surface area contributed by atoms with Crippen molar-refractivity contribution in [2.45, 2.75) is 11.8 Å². The number of anilines is 1. The van der Waals surface area contributed by atoms with E-state index in [0.29, 0.717) is 0 Å². The summed E-state index contributed by atoms with van der Waals surface area (Å²) in [6.45, 7) is 6.43. The van der Waals surface area contributed by atoms with Crippen molar-refractivity contribution in [2.24, 2.45) is 0 Å². The van der Waals surface area contributed by atoms with E-state index in [9.17, 15) is 0 Å². The van der Waals surface area contributed by atoms with Gasteiger partial charge < -0.3 is 10.2 Å². The molecule has 0 unspecified atom stereocenters. The van der Waals surface area contributed by atoms with Crippen LogP contribution < -0.4 is 10.2 Å². The van der Waals surface area contributed by atoms with E-state index >= 15 is 0 Å². The zero-order valence-corrected chi connectivity index (χ0v) is 11.1. The molecule has 0 bridgehead atoms. The van der Waals surface area contributed by atoms with Gasteiger partial charge in [-0.2, -0.15) is 0 Å². The maximum absolute atomic E-state index is 6.08. The minimum absolute atomic E-state index is 0.828. The van der Waals surface area contributed by atoms with Crippen molar-refractivity contribution in [3.63, 3.8) is 0 Å². The Labute approximate surface area is 106 Å². The summed E-state index contributed by atoms with van der Waals surface area (Å²) in [4.78, 5) is 3.76. The Balaban J connectivity index is 2.24. The van der Waals surface area contributed by atoms with E-state index in [2.05, 4.69) is 29.3 Å². The quantitative estimate of drug-likeness (QED) is 0.838. The van der Waals surface area contributed by atoms with Gasteiger partial charge in [0.25, 0.3) is 0 Å². The molecule has 0 spiro atoms. The Morgan fingerprint density at radius 1 is 1.38 bits per heavy atom. The van der Waals surface area contributed by atoms with Gasteiger partial charge in [0.1, 0.15) is 0 Å². The highest BCUT2D eigenvalue weighted by atomic mass is 35.5. The van der Waals surface area contributed by atoms with Gasteiger partial charge in [0, 0.05) is 36.1 Å². The van der Waals surface area contributed by atoms with Gasteiger partial charge in [0.2, 0.25) is 0 Å². The first-order valence-electron chi connectivity index (χ1n) is 5.69. The van der Waals surface area contributed by atoms with Crippen molar-refractivity contribution in [3.8, 4) is 0 Å². The molecule has 0 aromatic heterocycles. The molecule has 0 atom stereocenters. The third-order valence-corrected chi connectivity index (χ3v) is 3.86. The highest BCUT2D eigenvalue weighted by Crippen LogP contribution is 2.32. The van der Waals surface area contributed by atoms with E-state index in [1.807, 2.05) is 17.8 Å². The second-order valence-electron chi connectivity index (χ2n) is 3.78. The van der Waals surface area contributed by atoms with Crippen molar-refractivity contribution >= 4 is 29.1 Å². The molecule has 4 heteroatoms. The second kappa shape index (κ2) is 5.80. The van der Waals surface area contributed by atoms with Crippen LogP contribution in [0.5, 0.6) is 0 Å². The first-order chi connectivity index (χ1) is 7.81. The van der Waals surface area contributed by atoms with Gasteiger partial charge in [-0.1, -0.05) is 18.5 Å². The lowest BCUT2D eigenvalue weighted by molar-refractivity contribution is 0.587. The van der Waals surface area contributed by atoms with Gasteiger partial charge >= 0.3 is 0 Å². The van der Waals surface area contributed by atoms with E-state index < -0.39 is 0 Å². The van der Waals surface area contributed by atoms with Gasteiger partial charge in [-0.25, -0.2) is 0 Å². The average molecular weight is 257 g/mol. The zero-order chi connectivity index (χ0) is 11.4. The topological polar surface area (TPSA) is 15.3 Å². The number of thioether (sulfide) groups is 1. The summed E-state index contributed by atoms with van der Waals surface area (Å²) in [6.07, 6.45) is 0. The Hall–Kier alpha value is -0.380. The average Bonchev–Trinajstić information content (AvgIpc) is 2.33. The van der Waals surface area contributed by atoms with Crippen LogP contribution in [0.3, 0.4) is 0 Å². The number of halogens is 1.